The lowest BCUT2D eigenvalue weighted by atomic mass is 10.3. The van der Waals surface area contributed by atoms with Crippen LogP contribution in [0.3, 0.4) is 0 Å². The molecule has 0 saturated carbocycles. The van der Waals surface area contributed by atoms with Crippen molar-refractivity contribution in [3.63, 3.8) is 0 Å². The molecule has 0 atom stereocenters. The monoisotopic (exact) mass is 445 g/mol. The molecule has 24 heavy (non-hydrogen) atoms. The van der Waals surface area contributed by atoms with Gasteiger partial charge < -0.3 is 19.8 Å². The molecule has 0 spiro atoms. The van der Waals surface area contributed by atoms with E-state index in [1.807, 2.05) is 19.2 Å². The van der Waals surface area contributed by atoms with Crippen molar-refractivity contribution in [2.45, 2.75) is 26.7 Å². The molecule has 2 N–H and O–H groups in total. The first kappa shape index (κ1) is 20.7. The Labute approximate surface area is 161 Å². The van der Waals surface area contributed by atoms with Crippen LogP contribution >= 0.6 is 24.0 Å². The lowest BCUT2D eigenvalue weighted by Gasteiger charge is -2.11. The fraction of sp³-hybridized carbons (Fsp3) is 0.529. The number of ether oxygens (including phenoxy) is 1. The molecule has 0 aliphatic rings. The zero-order valence-corrected chi connectivity index (χ0v) is 17.0. The second-order valence-corrected chi connectivity index (χ2v) is 5.38. The van der Waals surface area contributed by atoms with E-state index in [1.54, 1.807) is 7.05 Å². The molecule has 2 aromatic heterocycles. The van der Waals surface area contributed by atoms with E-state index in [0.717, 1.165) is 56.4 Å². The minimum Gasteiger partial charge on any atom is -0.382 e. The van der Waals surface area contributed by atoms with Crippen molar-refractivity contribution in [2.75, 3.05) is 33.4 Å². The van der Waals surface area contributed by atoms with Gasteiger partial charge in [-0.2, -0.15) is 0 Å². The third kappa shape index (κ3) is 6.27. The van der Waals surface area contributed by atoms with E-state index in [0.29, 0.717) is 0 Å². The number of hydrogen-bond donors (Lipinski definition) is 2. The summed E-state index contributed by atoms with van der Waals surface area (Å²) in [7, 11) is 1.78. The molecular formula is C17H28IN5O. The fourth-order valence-electron chi connectivity index (χ4n) is 2.38. The van der Waals surface area contributed by atoms with Gasteiger partial charge in [0, 0.05) is 52.2 Å². The molecule has 0 unspecified atom stereocenters. The Bertz CT molecular complexity index is 641. The standard InChI is InChI=1S/C17H27N5O.HI/c1-4-23-12-6-9-19-17(18-3)20-10-8-15-13-22-11-5-7-14(2)16(22)21-15;/h5,7,11,13H,4,6,8-10,12H2,1-3H3,(H2,18,19,20);1H. The SMILES string of the molecule is CCOCCCNC(=NC)NCCc1cn2cccc(C)c2n1.I. The van der Waals surface area contributed by atoms with Gasteiger partial charge in [0.1, 0.15) is 5.65 Å². The third-order valence-electron chi connectivity index (χ3n) is 3.59. The van der Waals surface area contributed by atoms with Crippen LogP contribution in [0, 0.1) is 6.92 Å². The first-order chi connectivity index (χ1) is 11.2. The van der Waals surface area contributed by atoms with Gasteiger partial charge in [-0.15, -0.1) is 24.0 Å². The van der Waals surface area contributed by atoms with E-state index < -0.39 is 0 Å². The number of aromatic nitrogens is 2. The molecule has 2 heterocycles. The van der Waals surface area contributed by atoms with Gasteiger partial charge in [0.05, 0.1) is 5.69 Å². The van der Waals surface area contributed by atoms with Crippen molar-refractivity contribution in [1.29, 1.82) is 0 Å². The highest BCUT2D eigenvalue weighted by Crippen LogP contribution is 2.09. The van der Waals surface area contributed by atoms with Gasteiger partial charge in [0.2, 0.25) is 0 Å². The number of hydrogen-bond acceptors (Lipinski definition) is 3. The molecular weight excluding hydrogens is 417 g/mol. The van der Waals surface area contributed by atoms with E-state index >= 15 is 0 Å². The Morgan fingerprint density at radius 3 is 2.83 bits per heavy atom. The normalized spacial score (nSPS) is 11.4. The highest BCUT2D eigenvalue weighted by Gasteiger charge is 2.04. The van der Waals surface area contributed by atoms with Gasteiger partial charge in [-0.25, -0.2) is 4.98 Å². The second-order valence-electron chi connectivity index (χ2n) is 5.38. The van der Waals surface area contributed by atoms with Crippen LogP contribution in [0.5, 0.6) is 0 Å². The zero-order chi connectivity index (χ0) is 16.5. The number of guanidine groups is 1. The average Bonchev–Trinajstić information content (AvgIpc) is 2.97. The summed E-state index contributed by atoms with van der Waals surface area (Å²) in [6.45, 7) is 7.29. The topological polar surface area (TPSA) is 63.0 Å². The number of aryl methyl sites for hydroxylation is 1. The first-order valence-electron chi connectivity index (χ1n) is 8.20. The summed E-state index contributed by atoms with van der Waals surface area (Å²) in [5, 5.41) is 6.60. The molecule has 134 valence electrons. The maximum Gasteiger partial charge on any atom is 0.190 e. The highest BCUT2D eigenvalue weighted by atomic mass is 127. The number of rotatable bonds is 8. The molecule has 0 bridgehead atoms. The number of aliphatic imine (C=N–C) groups is 1. The molecule has 2 rings (SSSR count). The quantitative estimate of drug-likeness (QED) is 0.284. The van der Waals surface area contributed by atoms with E-state index in [1.165, 1.54) is 5.56 Å². The summed E-state index contributed by atoms with van der Waals surface area (Å²) >= 11 is 0. The molecule has 0 radical (unpaired) electrons. The Morgan fingerprint density at radius 1 is 1.33 bits per heavy atom. The van der Waals surface area contributed by atoms with Crippen LogP contribution in [0.25, 0.3) is 5.65 Å². The summed E-state index contributed by atoms with van der Waals surface area (Å²) in [4.78, 5) is 8.90. The first-order valence-corrected chi connectivity index (χ1v) is 8.20. The summed E-state index contributed by atoms with van der Waals surface area (Å²) < 4.78 is 7.39. The molecule has 0 aromatic carbocycles. The number of imidazole rings is 1. The molecule has 0 aliphatic carbocycles. The van der Waals surface area contributed by atoms with Crippen LogP contribution in [-0.2, 0) is 11.2 Å². The van der Waals surface area contributed by atoms with Crippen molar-refractivity contribution < 1.29 is 4.74 Å². The third-order valence-corrected chi connectivity index (χ3v) is 3.59. The van der Waals surface area contributed by atoms with Gasteiger partial charge >= 0.3 is 0 Å². The van der Waals surface area contributed by atoms with E-state index in [2.05, 4.69) is 44.2 Å². The molecule has 0 aliphatic heterocycles. The van der Waals surface area contributed by atoms with Crippen LogP contribution in [-0.4, -0.2) is 48.7 Å². The highest BCUT2D eigenvalue weighted by molar-refractivity contribution is 14.0. The Kier molecular flexibility index (Phi) is 9.70. The van der Waals surface area contributed by atoms with E-state index in [4.69, 9.17) is 4.74 Å². The summed E-state index contributed by atoms with van der Waals surface area (Å²) in [6, 6.07) is 4.12. The number of halogens is 1. The van der Waals surface area contributed by atoms with Crippen LogP contribution in [0.1, 0.15) is 24.6 Å². The lowest BCUT2D eigenvalue weighted by Crippen LogP contribution is -2.39. The van der Waals surface area contributed by atoms with Crippen molar-refractivity contribution in [1.82, 2.24) is 20.0 Å². The van der Waals surface area contributed by atoms with Crippen LogP contribution in [0.4, 0.5) is 0 Å². The Hall–Kier alpha value is -1.35. The summed E-state index contributed by atoms with van der Waals surface area (Å²) in [6.07, 6.45) is 5.95. The summed E-state index contributed by atoms with van der Waals surface area (Å²) in [5.74, 6) is 0.821. The molecule has 0 fully saturated rings. The van der Waals surface area contributed by atoms with Crippen LogP contribution in [0.2, 0.25) is 0 Å². The number of nitrogens with one attached hydrogen (secondary N) is 2. The van der Waals surface area contributed by atoms with Crippen molar-refractivity contribution in [2.24, 2.45) is 4.99 Å². The zero-order valence-electron chi connectivity index (χ0n) is 14.7. The van der Waals surface area contributed by atoms with Crippen LogP contribution in [0.15, 0.2) is 29.5 Å². The fourth-order valence-corrected chi connectivity index (χ4v) is 2.38. The van der Waals surface area contributed by atoms with Gasteiger partial charge in [0.15, 0.2) is 5.96 Å². The van der Waals surface area contributed by atoms with Gasteiger partial charge in [-0.3, -0.25) is 4.99 Å². The van der Waals surface area contributed by atoms with E-state index in [-0.39, 0.29) is 24.0 Å². The second kappa shape index (κ2) is 11.2. The number of pyridine rings is 1. The molecule has 2 aromatic rings. The van der Waals surface area contributed by atoms with Gasteiger partial charge in [-0.1, -0.05) is 6.07 Å². The van der Waals surface area contributed by atoms with E-state index in [9.17, 15) is 0 Å². The minimum absolute atomic E-state index is 0. The average molecular weight is 445 g/mol. The lowest BCUT2D eigenvalue weighted by molar-refractivity contribution is 0.145. The minimum atomic E-state index is 0. The Morgan fingerprint density at radius 2 is 2.12 bits per heavy atom. The molecule has 6 nitrogen and oxygen atoms in total. The number of fused-ring (bicyclic) bond motifs is 1. The smallest absolute Gasteiger partial charge is 0.190 e. The molecule has 7 heteroatoms. The molecule has 0 saturated heterocycles. The van der Waals surface area contributed by atoms with Gasteiger partial charge in [-0.05, 0) is 31.9 Å². The maximum atomic E-state index is 5.32. The molecule has 0 amide bonds. The predicted molar refractivity (Wildman–Crippen MR) is 110 cm³/mol. The maximum absolute atomic E-state index is 5.32. The predicted octanol–water partition coefficient (Wildman–Crippen LogP) is 2.39. The van der Waals surface area contributed by atoms with Crippen molar-refractivity contribution >= 4 is 35.6 Å². The van der Waals surface area contributed by atoms with Gasteiger partial charge in [0.25, 0.3) is 0 Å². The van der Waals surface area contributed by atoms with Crippen molar-refractivity contribution in [3.8, 4) is 0 Å². The van der Waals surface area contributed by atoms with Crippen LogP contribution < -0.4 is 10.6 Å². The summed E-state index contributed by atoms with van der Waals surface area (Å²) in [5.41, 5.74) is 3.30. The largest absolute Gasteiger partial charge is 0.382 e. The Balaban J connectivity index is 0.00000288. The number of nitrogens with zero attached hydrogens (tertiary/aromatic N) is 3. The van der Waals surface area contributed by atoms with Crippen molar-refractivity contribution in [3.05, 3.63) is 35.8 Å².